The number of amides is 1. The van der Waals surface area contributed by atoms with E-state index < -0.39 is 0 Å². The second-order valence-corrected chi connectivity index (χ2v) is 8.15. The molecule has 1 amide bonds. The van der Waals surface area contributed by atoms with E-state index in [9.17, 15) is 4.79 Å². The highest BCUT2D eigenvalue weighted by atomic mass is 35.5. The third kappa shape index (κ3) is 4.79. The molecule has 0 radical (unpaired) electrons. The van der Waals surface area contributed by atoms with Crippen molar-refractivity contribution in [1.82, 2.24) is 9.80 Å². The van der Waals surface area contributed by atoms with Crippen LogP contribution in [0.25, 0.3) is 0 Å². The number of carbonyl (C=O) groups excluding carboxylic acids is 1. The van der Waals surface area contributed by atoms with E-state index in [1.54, 1.807) is 14.2 Å². The molecule has 6 heteroatoms. The Morgan fingerprint density at radius 3 is 2.40 bits per heavy atom. The lowest BCUT2D eigenvalue weighted by Crippen LogP contribution is -2.42. The molecule has 1 saturated heterocycles. The van der Waals surface area contributed by atoms with Gasteiger partial charge in [0, 0.05) is 43.2 Å². The van der Waals surface area contributed by atoms with Crippen LogP contribution in [0.1, 0.15) is 32.8 Å². The Bertz CT molecular complexity index is 628. The van der Waals surface area contributed by atoms with Crippen LogP contribution in [0.2, 0.25) is 5.02 Å². The molecule has 0 unspecified atom stereocenters. The molecule has 0 aromatic heterocycles. The molecule has 0 aliphatic carbocycles. The van der Waals surface area contributed by atoms with Crippen LogP contribution in [0, 0.1) is 5.92 Å². The van der Waals surface area contributed by atoms with E-state index in [2.05, 4.69) is 32.7 Å². The summed E-state index contributed by atoms with van der Waals surface area (Å²) in [5.41, 5.74) is 0.893. The topological polar surface area (TPSA) is 42.0 Å². The number of hydrogen-bond acceptors (Lipinski definition) is 4. The molecule has 2 rings (SSSR count). The van der Waals surface area contributed by atoms with Crippen molar-refractivity contribution in [2.75, 3.05) is 34.4 Å². The first kappa shape index (κ1) is 19.9. The fourth-order valence-corrected chi connectivity index (χ4v) is 3.66. The molecule has 0 saturated carbocycles. The van der Waals surface area contributed by atoms with Crippen LogP contribution < -0.4 is 9.47 Å². The van der Waals surface area contributed by atoms with Crippen LogP contribution >= 0.6 is 11.6 Å². The third-order valence-corrected chi connectivity index (χ3v) is 4.88. The largest absolute Gasteiger partial charge is 0.496 e. The lowest BCUT2D eigenvalue weighted by atomic mass is 10.1. The normalized spacial score (nSPS) is 18.2. The monoisotopic (exact) mass is 368 g/mol. The van der Waals surface area contributed by atoms with Crippen LogP contribution in [-0.4, -0.2) is 55.6 Å². The van der Waals surface area contributed by atoms with Gasteiger partial charge in [-0.05, 0) is 39.8 Å². The Morgan fingerprint density at radius 1 is 1.24 bits per heavy atom. The zero-order chi connectivity index (χ0) is 18.8. The average molecular weight is 369 g/mol. The maximum atomic E-state index is 12.2. The summed E-state index contributed by atoms with van der Waals surface area (Å²) in [4.78, 5) is 16.4. The number of rotatable bonds is 6. The van der Waals surface area contributed by atoms with E-state index in [1.165, 1.54) is 0 Å². The predicted octanol–water partition coefficient (Wildman–Crippen LogP) is 3.44. The number of hydrogen-bond donors (Lipinski definition) is 0. The number of halogens is 1. The maximum Gasteiger partial charge on any atom is 0.223 e. The Morgan fingerprint density at radius 2 is 1.88 bits per heavy atom. The van der Waals surface area contributed by atoms with Gasteiger partial charge in [-0.3, -0.25) is 4.79 Å². The fraction of sp³-hybridized carbons (Fsp3) is 0.632. The second-order valence-electron chi connectivity index (χ2n) is 7.74. The first-order valence-corrected chi connectivity index (χ1v) is 8.93. The van der Waals surface area contributed by atoms with Crippen LogP contribution in [0.15, 0.2) is 12.1 Å². The van der Waals surface area contributed by atoms with Gasteiger partial charge in [-0.2, -0.15) is 0 Å². The fourth-order valence-electron chi connectivity index (χ4n) is 3.39. The van der Waals surface area contributed by atoms with E-state index in [4.69, 9.17) is 21.1 Å². The molecular weight excluding hydrogens is 340 g/mol. The summed E-state index contributed by atoms with van der Waals surface area (Å²) in [6.07, 6.45) is 0.613. The summed E-state index contributed by atoms with van der Waals surface area (Å²) in [7, 11) is 5.29. The van der Waals surface area contributed by atoms with Gasteiger partial charge in [-0.1, -0.05) is 11.6 Å². The second kappa shape index (κ2) is 7.83. The van der Waals surface area contributed by atoms with Gasteiger partial charge in [0.1, 0.15) is 11.5 Å². The number of ether oxygens (including phenoxy) is 2. The molecule has 1 atom stereocenters. The highest BCUT2D eigenvalue weighted by Crippen LogP contribution is 2.33. The Kier molecular flexibility index (Phi) is 6.22. The number of likely N-dealkylation sites (tertiary alicyclic amines) is 1. The van der Waals surface area contributed by atoms with Gasteiger partial charge >= 0.3 is 0 Å². The van der Waals surface area contributed by atoms with Gasteiger partial charge in [-0.25, -0.2) is 0 Å². The number of nitrogens with zero attached hydrogens (tertiary/aromatic N) is 2. The van der Waals surface area contributed by atoms with E-state index in [1.807, 2.05) is 17.0 Å². The third-order valence-electron chi connectivity index (χ3n) is 4.58. The minimum Gasteiger partial charge on any atom is -0.496 e. The van der Waals surface area contributed by atoms with Gasteiger partial charge in [0.15, 0.2) is 0 Å². The first-order valence-electron chi connectivity index (χ1n) is 8.55. The van der Waals surface area contributed by atoms with Crippen molar-refractivity contribution in [2.24, 2.45) is 5.92 Å². The molecule has 25 heavy (non-hydrogen) atoms. The van der Waals surface area contributed by atoms with Crippen molar-refractivity contribution in [2.45, 2.75) is 39.3 Å². The molecular formula is C19H29ClN2O3. The minimum absolute atomic E-state index is 0.114. The van der Waals surface area contributed by atoms with E-state index in [0.717, 1.165) is 24.4 Å². The van der Waals surface area contributed by atoms with Crippen LogP contribution in [0.5, 0.6) is 11.5 Å². The summed E-state index contributed by atoms with van der Waals surface area (Å²) < 4.78 is 10.7. The van der Waals surface area contributed by atoms with Crippen molar-refractivity contribution < 1.29 is 14.3 Å². The molecule has 1 aliphatic rings. The molecule has 1 aliphatic heterocycles. The Hall–Kier alpha value is -1.46. The van der Waals surface area contributed by atoms with E-state index in [0.29, 0.717) is 29.7 Å². The Balaban J connectivity index is 2.03. The summed E-state index contributed by atoms with van der Waals surface area (Å²) >= 11 is 6.25. The molecule has 1 aromatic rings. The van der Waals surface area contributed by atoms with E-state index >= 15 is 0 Å². The molecule has 0 N–H and O–H groups in total. The van der Waals surface area contributed by atoms with Crippen molar-refractivity contribution in [3.63, 3.8) is 0 Å². The number of methoxy groups -OCH3 is 2. The average Bonchev–Trinajstić information content (AvgIpc) is 2.88. The highest BCUT2D eigenvalue weighted by Gasteiger charge is 2.36. The SMILES string of the molecule is COc1cc(OC)c(CN(C)C[C@@H]2CC(=O)N(C(C)(C)C)C2)cc1Cl. The lowest BCUT2D eigenvalue weighted by Gasteiger charge is -2.32. The van der Waals surface area contributed by atoms with Crippen LogP contribution in [0.3, 0.4) is 0 Å². The zero-order valence-electron chi connectivity index (χ0n) is 16.1. The zero-order valence-corrected chi connectivity index (χ0v) is 16.8. The summed E-state index contributed by atoms with van der Waals surface area (Å²) in [6, 6.07) is 3.70. The molecule has 5 nitrogen and oxygen atoms in total. The van der Waals surface area contributed by atoms with Crippen LogP contribution in [-0.2, 0) is 11.3 Å². The number of benzene rings is 1. The molecule has 1 fully saturated rings. The smallest absolute Gasteiger partial charge is 0.223 e. The lowest BCUT2D eigenvalue weighted by molar-refractivity contribution is -0.131. The standard InChI is InChI=1S/C19H29ClN2O3/c1-19(2,3)22-11-13(7-18(22)23)10-21(4)12-14-8-15(20)17(25-6)9-16(14)24-5/h8-9,13H,7,10-12H2,1-6H3/t13-/m0/s1. The number of carbonyl (C=O) groups is 1. The van der Waals surface area contributed by atoms with Gasteiger partial charge in [0.2, 0.25) is 5.91 Å². The van der Waals surface area contributed by atoms with Gasteiger partial charge in [0.25, 0.3) is 0 Å². The van der Waals surface area contributed by atoms with Crippen molar-refractivity contribution in [1.29, 1.82) is 0 Å². The van der Waals surface area contributed by atoms with Crippen molar-refractivity contribution >= 4 is 17.5 Å². The van der Waals surface area contributed by atoms with E-state index in [-0.39, 0.29) is 11.4 Å². The minimum atomic E-state index is -0.114. The van der Waals surface area contributed by atoms with Crippen molar-refractivity contribution in [3.05, 3.63) is 22.7 Å². The summed E-state index contributed by atoms with van der Waals surface area (Å²) in [5.74, 6) is 1.95. The molecule has 140 valence electrons. The van der Waals surface area contributed by atoms with Crippen molar-refractivity contribution in [3.8, 4) is 11.5 Å². The van der Waals surface area contributed by atoms with Gasteiger partial charge < -0.3 is 19.3 Å². The van der Waals surface area contributed by atoms with Crippen LogP contribution in [0.4, 0.5) is 0 Å². The van der Waals surface area contributed by atoms with Gasteiger partial charge in [0.05, 0.1) is 19.2 Å². The first-order chi connectivity index (χ1) is 11.7. The summed E-state index contributed by atoms with van der Waals surface area (Å²) in [5, 5.41) is 0.571. The molecule has 1 heterocycles. The highest BCUT2D eigenvalue weighted by molar-refractivity contribution is 6.32. The maximum absolute atomic E-state index is 12.2. The van der Waals surface area contributed by atoms with Gasteiger partial charge in [-0.15, -0.1) is 0 Å². The Labute approximate surface area is 155 Å². The predicted molar refractivity (Wildman–Crippen MR) is 100 cm³/mol. The molecule has 1 aromatic carbocycles. The molecule has 0 spiro atoms. The quantitative estimate of drug-likeness (QED) is 0.771. The molecule has 0 bridgehead atoms. The summed E-state index contributed by atoms with van der Waals surface area (Å²) in [6.45, 7) is 8.62.